The van der Waals surface area contributed by atoms with E-state index in [0.29, 0.717) is 5.02 Å². The molecule has 2 rings (SSSR count). The molecule has 1 nitrogen and oxygen atoms in total. The lowest BCUT2D eigenvalue weighted by molar-refractivity contribution is 0.474. The maximum Gasteiger partial charge on any atom is 0.122 e. The molecule has 1 N–H and O–H groups in total. The summed E-state index contributed by atoms with van der Waals surface area (Å²) in [6.45, 7) is 2.05. The SMILES string of the molecule is Cc1ccccc1/C=C/c1cc(Cl)ccc1O. The van der Waals surface area contributed by atoms with Gasteiger partial charge in [-0.15, -0.1) is 0 Å². The number of aromatic hydroxyl groups is 1. The summed E-state index contributed by atoms with van der Waals surface area (Å²) in [5, 5.41) is 10.3. The van der Waals surface area contributed by atoms with Crippen molar-refractivity contribution >= 4 is 23.8 Å². The van der Waals surface area contributed by atoms with E-state index in [-0.39, 0.29) is 5.75 Å². The molecule has 0 spiro atoms. The van der Waals surface area contributed by atoms with Crippen molar-refractivity contribution in [1.29, 1.82) is 0 Å². The predicted octanol–water partition coefficient (Wildman–Crippen LogP) is 4.52. The number of phenolic OH excluding ortho intramolecular Hbond substituents is 1. The number of rotatable bonds is 2. The van der Waals surface area contributed by atoms with Crippen molar-refractivity contribution in [3.8, 4) is 5.75 Å². The summed E-state index contributed by atoms with van der Waals surface area (Å²) in [6.07, 6.45) is 3.84. The Morgan fingerprint density at radius 2 is 1.71 bits per heavy atom. The molecule has 2 heteroatoms. The first-order chi connectivity index (χ1) is 8.16. The van der Waals surface area contributed by atoms with Gasteiger partial charge < -0.3 is 5.11 Å². The molecular weight excluding hydrogens is 232 g/mol. The van der Waals surface area contributed by atoms with Crippen LogP contribution in [0.3, 0.4) is 0 Å². The Kier molecular flexibility index (Phi) is 3.50. The molecule has 0 saturated carbocycles. The average molecular weight is 245 g/mol. The molecule has 17 heavy (non-hydrogen) atoms. The molecule has 0 fully saturated rings. The topological polar surface area (TPSA) is 20.2 Å². The van der Waals surface area contributed by atoms with Crippen molar-refractivity contribution in [3.05, 3.63) is 64.2 Å². The molecule has 0 radical (unpaired) electrons. The van der Waals surface area contributed by atoms with E-state index < -0.39 is 0 Å². The highest BCUT2D eigenvalue weighted by Gasteiger charge is 1.98. The van der Waals surface area contributed by atoms with Gasteiger partial charge in [0.15, 0.2) is 0 Å². The van der Waals surface area contributed by atoms with Crippen molar-refractivity contribution < 1.29 is 5.11 Å². The van der Waals surface area contributed by atoms with Gasteiger partial charge in [0.25, 0.3) is 0 Å². The number of aryl methyl sites for hydroxylation is 1. The van der Waals surface area contributed by atoms with Crippen LogP contribution in [-0.2, 0) is 0 Å². The zero-order chi connectivity index (χ0) is 12.3. The van der Waals surface area contributed by atoms with Crippen molar-refractivity contribution in [2.24, 2.45) is 0 Å². The van der Waals surface area contributed by atoms with Crippen molar-refractivity contribution in [3.63, 3.8) is 0 Å². The van der Waals surface area contributed by atoms with Crippen LogP contribution in [0.5, 0.6) is 5.75 Å². The molecule has 0 aliphatic heterocycles. The third kappa shape index (κ3) is 2.89. The van der Waals surface area contributed by atoms with Crippen molar-refractivity contribution in [1.82, 2.24) is 0 Å². The second kappa shape index (κ2) is 5.07. The quantitative estimate of drug-likeness (QED) is 0.770. The Bertz CT molecular complexity index is 559. The largest absolute Gasteiger partial charge is 0.507 e. The third-order valence-electron chi connectivity index (χ3n) is 2.62. The van der Waals surface area contributed by atoms with E-state index in [9.17, 15) is 5.11 Å². The van der Waals surface area contributed by atoms with Gasteiger partial charge in [0.2, 0.25) is 0 Å². The summed E-state index contributed by atoms with van der Waals surface area (Å²) in [6, 6.07) is 13.1. The highest BCUT2D eigenvalue weighted by Crippen LogP contribution is 2.23. The van der Waals surface area contributed by atoms with E-state index in [1.807, 2.05) is 30.4 Å². The normalized spacial score (nSPS) is 10.9. The zero-order valence-corrected chi connectivity index (χ0v) is 10.3. The molecule has 0 unspecified atom stereocenters. The molecular formula is C15H13ClO. The van der Waals surface area contributed by atoms with Gasteiger partial charge in [0, 0.05) is 10.6 Å². The molecule has 0 aliphatic carbocycles. The fourth-order valence-corrected chi connectivity index (χ4v) is 1.79. The van der Waals surface area contributed by atoms with E-state index in [1.165, 1.54) is 5.56 Å². The number of halogens is 1. The lowest BCUT2D eigenvalue weighted by atomic mass is 10.1. The maximum absolute atomic E-state index is 9.67. The lowest BCUT2D eigenvalue weighted by Gasteiger charge is -2.01. The second-order valence-corrected chi connectivity index (χ2v) is 4.33. The summed E-state index contributed by atoms with van der Waals surface area (Å²) in [5.74, 6) is 0.235. The van der Waals surface area contributed by atoms with Crippen LogP contribution in [0.15, 0.2) is 42.5 Å². The monoisotopic (exact) mass is 244 g/mol. The molecule has 0 aromatic heterocycles. The Balaban J connectivity index is 2.32. The Labute approximate surface area is 106 Å². The summed E-state index contributed by atoms with van der Waals surface area (Å²) < 4.78 is 0. The predicted molar refractivity (Wildman–Crippen MR) is 73.2 cm³/mol. The van der Waals surface area contributed by atoms with E-state index in [1.54, 1.807) is 18.2 Å². The van der Waals surface area contributed by atoms with E-state index in [4.69, 9.17) is 11.6 Å². The van der Waals surface area contributed by atoms with Crippen LogP contribution in [0.25, 0.3) is 12.2 Å². The van der Waals surface area contributed by atoms with Gasteiger partial charge in [0.05, 0.1) is 0 Å². The van der Waals surface area contributed by atoms with Gasteiger partial charge in [-0.1, -0.05) is 48.0 Å². The van der Waals surface area contributed by atoms with Gasteiger partial charge in [-0.05, 0) is 36.2 Å². The fraction of sp³-hybridized carbons (Fsp3) is 0.0667. The number of phenols is 1. The van der Waals surface area contributed by atoms with Gasteiger partial charge >= 0.3 is 0 Å². The minimum Gasteiger partial charge on any atom is -0.507 e. The molecule has 2 aromatic rings. The van der Waals surface area contributed by atoms with Gasteiger partial charge in [-0.2, -0.15) is 0 Å². The first-order valence-corrected chi connectivity index (χ1v) is 5.77. The van der Waals surface area contributed by atoms with Gasteiger partial charge in [0.1, 0.15) is 5.75 Å². The van der Waals surface area contributed by atoms with Crippen LogP contribution in [0, 0.1) is 6.92 Å². The number of hydrogen-bond donors (Lipinski definition) is 1. The Morgan fingerprint density at radius 3 is 2.47 bits per heavy atom. The van der Waals surface area contributed by atoms with Crippen molar-refractivity contribution in [2.75, 3.05) is 0 Å². The standard InChI is InChI=1S/C15H13ClO/c1-11-4-2-3-5-12(11)6-7-13-10-14(16)8-9-15(13)17/h2-10,17H,1H3/b7-6+. The van der Waals surface area contributed by atoms with Crippen LogP contribution in [0.2, 0.25) is 5.02 Å². The van der Waals surface area contributed by atoms with Crippen molar-refractivity contribution in [2.45, 2.75) is 6.92 Å². The van der Waals surface area contributed by atoms with Crippen LogP contribution >= 0.6 is 11.6 Å². The first-order valence-electron chi connectivity index (χ1n) is 5.39. The summed E-state index contributed by atoms with van der Waals surface area (Å²) in [4.78, 5) is 0. The smallest absolute Gasteiger partial charge is 0.122 e. The van der Waals surface area contributed by atoms with Crippen LogP contribution < -0.4 is 0 Å². The summed E-state index contributed by atoms with van der Waals surface area (Å²) in [7, 11) is 0. The highest BCUT2D eigenvalue weighted by molar-refractivity contribution is 6.30. The van der Waals surface area contributed by atoms with Gasteiger partial charge in [-0.3, -0.25) is 0 Å². The number of benzene rings is 2. The van der Waals surface area contributed by atoms with Crippen LogP contribution in [0.1, 0.15) is 16.7 Å². The summed E-state index contributed by atoms with van der Waals surface area (Å²) in [5.41, 5.74) is 3.05. The van der Waals surface area contributed by atoms with Crippen LogP contribution in [-0.4, -0.2) is 5.11 Å². The van der Waals surface area contributed by atoms with E-state index >= 15 is 0 Å². The zero-order valence-electron chi connectivity index (χ0n) is 9.52. The Hall–Kier alpha value is -1.73. The van der Waals surface area contributed by atoms with E-state index in [0.717, 1.165) is 11.1 Å². The first kappa shape index (κ1) is 11.7. The molecule has 0 heterocycles. The maximum atomic E-state index is 9.67. The summed E-state index contributed by atoms with van der Waals surface area (Å²) >= 11 is 5.88. The molecule has 0 saturated heterocycles. The second-order valence-electron chi connectivity index (χ2n) is 3.89. The average Bonchev–Trinajstić information content (AvgIpc) is 2.32. The fourth-order valence-electron chi connectivity index (χ4n) is 1.61. The molecule has 0 aliphatic rings. The molecule has 86 valence electrons. The third-order valence-corrected chi connectivity index (χ3v) is 2.86. The van der Waals surface area contributed by atoms with Crippen LogP contribution in [0.4, 0.5) is 0 Å². The molecule has 0 atom stereocenters. The Morgan fingerprint density at radius 1 is 1.00 bits per heavy atom. The molecule has 0 bridgehead atoms. The highest BCUT2D eigenvalue weighted by atomic mass is 35.5. The molecule has 0 amide bonds. The molecule has 2 aromatic carbocycles. The van der Waals surface area contributed by atoms with Gasteiger partial charge in [-0.25, -0.2) is 0 Å². The number of hydrogen-bond acceptors (Lipinski definition) is 1. The minimum atomic E-state index is 0.235. The van der Waals surface area contributed by atoms with E-state index in [2.05, 4.69) is 13.0 Å². The lowest BCUT2D eigenvalue weighted by Crippen LogP contribution is -1.79. The minimum absolute atomic E-state index is 0.235.